The van der Waals surface area contributed by atoms with Gasteiger partial charge >= 0.3 is 0 Å². The summed E-state index contributed by atoms with van der Waals surface area (Å²) >= 11 is 0. The molecular formula is C23H21FN6O2. The maximum atomic E-state index is 13.4. The van der Waals surface area contributed by atoms with E-state index in [4.69, 9.17) is 4.74 Å². The van der Waals surface area contributed by atoms with Crippen LogP contribution < -0.4 is 10.9 Å². The van der Waals surface area contributed by atoms with Crippen LogP contribution in [0.25, 0.3) is 11.1 Å². The highest BCUT2D eigenvalue weighted by Gasteiger charge is 2.27. The highest BCUT2D eigenvalue weighted by molar-refractivity contribution is 5.71. The maximum absolute atomic E-state index is 13.4. The van der Waals surface area contributed by atoms with Crippen LogP contribution in [0.4, 0.5) is 16.0 Å². The predicted octanol–water partition coefficient (Wildman–Crippen LogP) is 3.35. The van der Waals surface area contributed by atoms with E-state index < -0.39 is 0 Å². The molecule has 0 saturated carbocycles. The molecule has 9 heteroatoms. The SMILES string of the molecule is Cc1ccc(-c2ccnn(C)c2=O)cc1Nc1nnc2n1[C@H](c1ccc(F)cc1)COC2. The van der Waals surface area contributed by atoms with Gasteiger partial charge in [-0.05, 0) is 47.9 Å². The summed E-state index contributed by atoms with van der Waals surface area (Å²) in [6.45, 7) is 2.75. The van der Waals surface area contributed by atoms with Crippen molar-refractivity contribution in [2.45, 2.75) is 19.6 Å². The van der Waals surface area contributed by atoms with Crippen molar-refractivity contribution >= 4 is 11.6 Å². The predicted molar refractivity (Wildman–Crippen MR) is 117 cm³/mol. The van der Waals surface area contributed by atoms with Gasteiger partial charge in [0, 0.05) is 18.9 Å². The topological polar surface area (TPSA) is 86.9 Å². The number of aryl methyl sites for hydroxylation is 2. The smallest absolute Gasteiger partial charge is 0.274 e. The minimum absolute atomic E-state index is 0.171. The molecule has 0 fully saturated rings. The van der Waals surface area contributed by atoms with Gasteiger partial charge < -0.3 is 10.1 Å². The molecule has 8 nitrogen and oxygen atoms in total. The van der Waals surface area contributed by atoms with Gasteiger partial charge in [0.2, 0.25) is 5.95 Å². The number of hydrogen-bond donors (Lipinski definition) is 1. The molecule has 2 aromatic carbocycles. The van der Waals surface area contributed by atoms with Crippen molar-refractivity contribution in [2.24, 2.45) is 7.05 Å². The number of ether oxygens (including phenoxy) is 1. The number of fused-ring (bicyclic) bond motifs is 1. The van der Waals surface area contributed by atoms with Gasteiger partial charge in [-0.25, -0.2) is 9.07 Å². The first-order chi connectivity index (χ1) is 15.5. The van der Waals surface area contributed by atoms with Crippen LogP contribution in [0, 0.1) is 12.7 Å². The van der Waals surface area contributed by atoms with E-state index >= 15 is 0 Å². The van der Waals surface area contributed by atoms with E-state index in [9.17, 15) is 9.18 Å². The van der Waals surface area contributed by atoms with E-state index in [1.807, 2.05) is 29.7 Å². The fraction of sp³-hybridized carbons (Fsp3) is 0.217. The molecule has 0 unspecified atom stereocenters. The second-order valence-corrected chi connectivity index (χ2v) is 7.72. The van der Waals surface area contributed by atoms with Crippen molar-refractivity contribution < 1.29 is 9.13 Å². The molecule has 1 N–H and O–H groups in total. The fourth-order valence-electron chi connectivity index (χ4n) is 3.87. The molecule has 5 rings (SSSR count). The average Bonchev–Trinajstić information content (AvgIpc) is 3.21. The summed E-state index contributed by atoms with van der Waals surface area (Å²) in [6.07, 6.45) is 1.60. The zero-order chi connectivity index (χ0) is 22.2. The number of anilines is 2. The van der Waals surface area contributed by atoms with E-state index in [1.54, 1.807) is 31.4 Å². The standard InChI is InChI=1S/C23H21FN6O2/c1-14-3-4-16(18-9-10-25-29(2)22(18)31)11-19(14)26-23-28-27-21-13-32-12-20(30(21)23)15-5-7-17(24)8-6-15/h3-11,20H,12-13H2,1-2H3,(H,26,28)/t20-/m0/s1. The van der Waals surface area contributed by atoms with Gasteiger partial charge in [-0.2, -0.15) is 5.10 Å². The van der Waals surface area contributed by atoms with Crippen molar-refractivity contribution in [1.29, 1.82) is 0 Å². The monoisotopic (exact) mass is 432 g/mol. The van der Waals surface area contributed by atoms with Crippen LogP contribution in [0.1, 0.15) is 23.0 Å². The molecule has 1 aliphatic rings. The van der Waals surface area contributed by atoms with Crippen molar-refractivity contribution in [1.82, 2.24) is 24.5 Å². The van der Waals surface area contributed by atoms with Crippen molar-refractivity contribution in [3.8, 4) is 11.1 Å². The zero-order valence-corrected chi connectivity index (χ0v) is 17.6. The lowest BCUT2D eigenvalue weighted by atomic mass is 10.0. The molecule has 0 spiro atoms. The van der Waals surface area contributed by atoms with Crippen molar-refractivity contribution in [3.05, 3.63) is 87.9 Å². The number of aromatic nitrogens is 5. The molecular weight excluding hydrogens is 411 g/mol. The molecule has 0 radical (unpaired) electrons. The van der Waals surface area contributed by atoms with Gasteiger partial charge in [-0.1, -0.05) is 24.3 Å². The maximum Gasteiger partial charge on any atom is 0.274 e. The van der Waals surface area contributed by atoms with Crippen LogP contribution in [0.5, 0.6) is 0 Å². The number of nitrogens with one attached hydrogen (secondary N) is 1. The summed E-state index contributed by atoms with van der Waals surface area (Å²) < 4.78 is 22.4. The molecule has 2 aromatic heterocycles. The van der Waals surface area contributed by atoms with Gasteiger partial charge in [0.1, 0.15) is 12.4 Å². The Labute approximate surface area is 183 Å². The highest BCUT2D eigenvalue weighted by atomic mass is 19.1. The lowest BCUT2D eigenvalue weighted by Crippen LogP contribution is -2.25. The highest BCUT2D eigenvalue weighted by Crippen LogP contribution is 2.31. The van der Waals surface area contributed by atoms with Crippen molar-refractivity contribution in [3.63, 3.8) is 0 Å². The largest absolute Gasteiger partial charge is 0.371 e. The van der Waals surface area contributed by atoms with E-state index in [2.05, 4.69) is 20.6 Å². The fourth-order valence-corrected chi connectivity index (χ4v) is 3.87. The van der Waals surface area contributed by atoms with Crippen LogP contribution in [-0.4, -0.2) is 31.2 Å². The first-order valence-electron chi connectivity index (χ1n) is 10.2. The lowest BCUT2D eigenvalue weighted by Gasteiger charge is -2.27. The first kappa shape index (κ1) is 20.1. The Bertz CT molecular complexity index is 1350. The molecule has 1 atom stereocenters. The molecule has 0 aliphatic carbocycles. The Kier molecular flexibility index (Phi) is 5.02. The Morgan fingerprint density at radius 3 is 2.75 bits per heavy atom. The molecule has 0 amide bonds. The average molecular weight is 432 g/mol. The van der Waals surface area contributed by atoms with E-state index in [0.29, 0.717) is 30.5 Å². The quantitative estimate of drug-likeness (QED) is 0.532. The number of hydrogen-bond acceptors (Lipinski definition) is 6. The first-order valence-corrected chi connectivity index (χ1v) is 10.2. The third-order valence-electron chi connectivity index (χ3n) is 5.64. The van der Waals surface area contributed by atoms with Gasteiger partial charge in [-0.3, -0.25) is 9.36 Å². The van der Waals surface area contributed by atoms with Crippen LogP contribution in [0.2, 0.25) is 0 Å². The summed E-state index contributed by atoms with van der Waals surface area (Å²) in [4.78, 5) is 12.5. The summed E-state index contributed by atoms with van der Waals surface area (Å²) in [7, 11) is 1.62. The van der Waals surface area contributed by atoms with E-state index in [1.165, 1.54) is 16.8 Å². The molecule has 3 heterocycles. The minimum Gasteiger partial charge on any atom is -0.371 e. The summed E-state index contributed by atoms with van der Waals surface area (Å²) in [5.74, 6) is 0.952. The molecule has 4 aromatic rings. The van der Waals surface area contributed by atoms with Gasteiger partial charge in [0.15, 0.2) is 5.82 Å². The molecule has 162 valence electrons. The lowest BCUT2D eigenvalue weighted by molar-refractivity contribution is 0.0670. The van der Waals surface area contributed by atoms with Crippen LogP contribution in [0.15, 0.2) is 59.5 Å². The number of benzene rings is 2. The molecule has 0 bridgehead atoms. The second kappa shape index (κ2) is 8.01. The van der Waals surface area contributed by atoms with Gasteiger partial charge in [0.05, 0.1) is 18.2 Å². The number of nitrogens with zero attached hydrogens (tertiary/aromatic N) is 5. The zero-order valence-electron chi connectivity index (χ0n) is 17.6. The van der Waals surface area contributed by atoms with E-state index in [-0.39, 0.29) is 17.4 Å². The van der Waals surface area contributed by atoms with Gasteiger partial charge in [0.25, 0.3) is 5.56 Å². The van der Waals surface area contributed by atoms with E-state index in [0.717, 1.165) is 22.4 Å². The van der Waals surface area contributed by atoms with Crippen LogP contribution in [-0.2, 0) is 18.4 Å². The number of halogens is 1. The normalized spacial score (nSPS) is 15.4. The molecule has 1 aliphatic heterocycles. The third kappa shape index (κ3) is 3.56. The Morgan fingerprint density at radius 1 is 1.12 bits per heavy atom. The van der Waals surface area contributed by atoms with Crippen LogP contribution in [0.3, 0.4) is 0 Å². The summed E-state index contributed by atoms with van der Waals surface area (Å²) in [6, 6.07) is 13.6. The minimum atomic E-state index is -0.289. The molecule has 32 heavy (non-hydrogen) atoms. The Balaban J connectivity index is 1.53. The summed E-state index contributed by atoms with van der Waals surface area (Å²) in [5, 5.41) is 16.0. The summed E-state index contributed by atoms with van der Waals surface area (Å²) in [5.41, 5.74) is 3.87. The number of rotatable bonds is 4. The van der Waals surface area contributed by atoms with Crippen LogP contribution >= 0.6 is 0 Å². The second-order valence-electron chi connectivity index (χ2n) is 7.72. The van der Waals surface area contributed by atoms with Crippen molar-refractivity contribution in [2.75, 3.05) is 11.9 Å². The Hall–Kier alpha value is -3.85. The van der Waals surface area contributed by atoms with Gasteiger partial charge in [-0.15, -0.1) is 10.2 Å². The third-order valence-corrected chi connectivity index (χ3v) is 5.64. The Morgan fingerprint density at radius 2 is 1.94 bits per heavy atom. The molecule has 0 saturated heterocycles.